The summed E-state index contributed by atoms with van der Waals surface area (Å²) in [6.45, 7) is 0. The van der Waals surface area contributed by atoms with Gasteiger partial charge in [-0.05, 0) is 53.6 Å². The molecule has 0 spiro atoms. The molecule has 1 unspecified atom stereocenters. The molecule has 0 amide bonds. The molecule has 0 aliphatic rings. The smallest absolute Gasteiger partial charge is 0.217 e. The van der Waals surface area contributed by atoms with E-state index in [0.717, 1.165) is 11.5 Å². The second-order valence-electron chi connectivity index (χ2n) is 7.09. The number of nitrogens with zero attached hydrogens (tertiary/aromatic N) is 4. The number of rotatable bonds is 6. The van der Waals surface area contributed by atoms with Crippen LogP contribution in [-0.2, 0) is 11.0 Å². The van der Waals surface area contributed by atoms with E-state index in [2.05, 4.69) is 24.9 Å². The van der Waals surface area contributed by atoms with Gasteiger partial charge in [-0.25, -0.2) is 23.0 Å². The molecule has 7 nitrogen and oxygen atoms in total. The van der Waals surface area contributed by atoms with E-state index >= 15 is 0 Å². The van der Waals surface area contributed by atoms with Crippen LogP contribution in [0.4, 0.5) is 13.9 Å². The van der Waals surface area contributed by atoms with Gasteiger partial charge in [-0.2, -0.15) is 0 Å². The van der Waals surface area contributed by atoms with Crippen LogP contribution in [-0.4, -0.2) is 31.5 Å². The van der Waals surface area contributed by atoms with E-state index in [1.165, 1.54) is 36.9 Å². The summed E-state index contributed by atoms with van der Waals surface area (Å²) in [6, 6.07) is 13.8. The summed E-state index contributed by atoms with van der Waals surface area (Å²) >= 11 is 1.25. The molecule has 5 rings (SSSR count). The molecular weight excluding hydrogens is 480 g/mol. The Morgan fingerprint density at radius 2 is 1.79 bits per heavy atom. The van der Waals surface area contributed by atoms with Crippen LogP contribution >= 0.6 is 11.3 Å². The van der Waals surface area contributed by atoms with Gasteiger partial charge in [0.2, 0.25) is 5.13 Å². The number of hydrogen-bond acceptors (Lipinski definition) is 7. The first kappa shape index (κ1) is 22.0. The Balaban J connectivity index is 1.54. The number of aromatic nitrogens is 4. The van der Waals surface area contributed by atoms with Crippen molar-refractivity contribution in [3.05, 3.63) is 78.1 Å². The zero-order chi connectivity index (χ0) is 23.7. The van der Waals surface area contributed by atoms with Crippen LogP contribution in [0.5, 0.6) is 5.75 Å². The highest BCUT2D eigenvalue weighted by atomic mass is 32.2. The lowest BCUT2D eigenvalue weighted by molar-refractivity contribution is 0.416. The molecule has 0 saturated carbocycles. The van der Waals surface area contributed by atoms with Gasteiger partial charge in [0, 0.05) is 17.0 Å². The summed E-state index contributed by atoms with van der Waals surface area (Å²) in [5, 5.41) is 8.73. The first-order valence-corrected chi connectivity index (χ1v) is 11.9. The van der Waals surface area contributed by atoms with Gasteiger partial charge in [0.25, 0.3) is 0 Å². The fraction of sp³-hybridized carbons (Fsp3) is 0.0435. The maximum Gasteiger partial charge on any atom is 0.217 e. The van der Waals surface area contributed by atoms with Gasteiger partial charge < -0.3 is 4.74 Å². The average molecular weight is 496 g/mol. The summed E-state index contributed by atoms with van der Waals surface area (Å²) < 4.78 is 48.4. The highest BCUT2D eigenvalue weighted by Crippen LogP contribution is 2.36. The van der Waals surface area contributed by atoms with Gasteiger partial charge in [-0.15, -0.1) is 10.2 Å². The van der Waals surface area contributed by atoms with Crippen molar-refractivity contribution in [2.24, 2.45) is 0 Å². The normalized spacial score (nSPS) is 12.0. The van der Waals surface area contributed by atoms with E-state index in [1.807, 2.05) is 0 Å². The van der Waals surface area contributed by atoms with Crippen molar-refractivity contribution in [3.63, 3.8) is 0 Å². The van der Waals surface area contributed by atoms with Gasteiger partial charge in [0.15, 0.2) is 11.0 Å². The van der Waals surface area contributed by atoms with Crippen molar-refractivity contribution in [1.29, 1.82) is 0 Å². The van der Waals surface area contributed by atoms with E-state index in [9.17, 15) is 13.0 Å². The summed E-state index contributed by atoms with van der Waals surface area (Å²) in [7, 11) is -0.0302. The molecule has 0 aliphatic heterocycles. The second kappa shape index (κ2) is 9.20. The Hall–Kier alpha value is -3.83. The second-order valence-corrected chi connectivity index (χ2v) is 9.14. The molecule has 1 atom stereocenters. The summed E-state index contributed by atoms with van der Waals surface area (Å²) in [4.78, 5) is 9.27. The van der Waals surface area contributed by atoms with Crippen LogP contribution in [0.2, 0.25) is 0 Å². The fourth-order valence-electron chi connectivity index (χ4n) is 3.51. The average Bonchev–Trinajstić information content (AvgIpc) is 3.35. The topological polar surface area (TPSA) is 89.9 Å². The summed E-state index contributed by atoms with van der Waals surface area (Å²) in [5.74, 6) is -0.838. The van der Waals surface area contributed by atoms with E-state index < -0.39 is 22.6 Å². The summed E-state index contributed by atoms with van der Waals surface area (Å²) in [6.07, 6.45) is 1.41. The third-order valence-electron chi connectivity index (χ3n) is 5.01. The molecule has 0 saturated heterocycles. The van der Waals surface area contributed by atoms with Gasteiger partial charge in [0.1, 0.15) is 29.2 Å². The van der Waals surface area contributed by atoms with Crippen molar-refractivity contribution >= 4 is 38.4 Å². The number of fused-ring (bicyclic) bond motifs is 1. The lowest BCUT2D eigenvalue weighted by Crippen LogP contribution is -2.04. The van der Waals surface area contributed by atoms with Crippen LogP contribution in [0, 0.1) is 11.6 Å². The number of ether oxygens (including phenoxy) is 1. The predicted molar refractivity (Wildman–Crippen MR) is 127 cm³/mol. The van der Waals surface area contributed by atoms with Crippen LogP contribution in [0.25, 0.3) is 33.3 Å². The first-order valence-electron chi connectivity index (χ1n) is 9.86. The van der Waals surface area contributed by atoms with Crippen molar-refractivity contribution in [2.45, 2.75) is 4.90 Å². The minimum Gasteiger partial charge on any atom is -0.496 e. The van der Waals surface area contributed by atoms with Gasteiger partial charge in [-0.3, -0.25) is 4.72 Å². The largest absolute Gasteiger partial charge is 0.496 e. The highest BCUT2D eigenvalue weighted by Gasteiger charge is 2.15. The molecule has 0 aliphatic carbocycles. The van der Waals surface area contributed by atoms with Crippen LogP contribution in [0.3, 0.4) is 0 Å². The molecule has 170 valence electrons. The van der Waals surface area contributed by atoms with Gasteiger partial charge >= 0.3 is 0 Å². The number of benzene rings is 3. The van der Waals surface area contributed by atoms with Crippen LogP contribution in [0.15, 0.2) is 71.3 Å². The Kier molecular flexibility index (Phi) is 5.95. The molecule has 2 heterocycles. The van der Waals surface area contributed by atoms with E-state index in [-0.39, 0.29) is 0 Å². The molecule has 11 heteroatoms. The molecule has 0 bridgehead atoms. The molecule has 1 N–H and O–H groups in total. The lowest BCUT2D eigenvalue weighted by Gasteiger charge is -2.13. The van der Waals surface area contributed by atoms with Gasteiger partial charge in [-0.1, -0.05) is 17.4 Å². The maximum atomic E-state index is 13.7. The first-order chi connectivity index (χ1) is 16.5. The maximum absolute atomic E-state index is 13.7. The highest BCUT2D eigenvalue weighted by molar-refractivity contribution is 7.86. The van der Waals surface area contributed by atoms with E-state index in [0.29, 0.717) is 43.7 Å². The zero-order valence-corrected chi connectivity index (χ0v) is 19.2. The van der Waals surface area contributed by atoms with Crippen LogP contribution < -0.4 is 9.46 Å². The molecule has 3 aromatic carbocycles. The number of hydrogen-bond donors (Lipinski definition) is 1. The molecule has 5 aromatic rings. The quantitative estimate of drug-likeness (QED) is 0.347. The monoisotopic (exact) mass is 495 g/mol. The number of nitrogens with one attached hydrogen (secondary N) is 1. The standard InChI is InChI=1S/C23H15F2N5O2S2/c1-32-21-8-13(14-6-15(24)9-16(25)7-14)2-4-19(21)22-18-5-3-17(10-20(18)26-11-27-22)34(31)30-23-29-28-12-33-23/h2-12H,1H3,(H,29,30). The Labute approximate surface area is 199 Å². The number of halogens is 2. The van der Waals surface area contributed by atoms with E-state index in [1.54, 1.807) is 41.9 Å². The van der Waals surface area contributed by atoms with Gasteiger partial charge in [0.05, 0.1) is 23.2 Å². The molecule has 34 heavy (non-hydrogen) atoms. The Morgan fingerprint density at radius 1 is 0.971 bits per heavy atom. The number of anilines is 1. The van der Waals surface area contributed by atoms with Crippen molar-refractivity contribution in [3.8, 4) is 28.1 Å². The summed E-state index contributed by atoms with van der Waals surface area (Å²) in [5.41, 5.74) is 4.41. The zero-order valence-electron chi connectivity index (χ0n) is 17.5. The van der Waals surface area contributed by atoms with Crippen LogP contribution in [0.1, 0.15) is 0 Å². The minimum absolute atomic E-state index is 0.393. The van der Waals surface area contributed by atoms with Crippen molar-refractivity contribution in [1.82, 2.24) is 20.2 Å². The third-order valence-corrected chi connectivity index (χ3v) is 6.81. The fourth-order valence-corrected chi connectivity index (χ4v) is 4.94. The van der Waals surface area contributed by atoms with Crippen molar-refractivity contribution in [2.75, 3.05) is 11.8 Å². The SMILES string of the molecule is COc1cc(-c2cc(F)cc(F)c2)ccc1-c1ncnc2cc(S(=O)Nc3nncs3)ccc12. The van der Waals surface area contributed by atoms with E-state index in [4.69, 9.17) is 4.74 Å². The third kappa shape index (κ3) is 4.35. The molecule has 0 radical (unpaired) electrons. The molecular formula is C23H15F2N5O2S2. The van der Waals surface area contributed by atoms with Crippen molar-refractivity contribution < 1.29 is 17.7 Å². The Morgan fingerprint density at radius 3 is 2.53 bits per heavy atom. The Bertz CT molecular complexity index is 1510. The predicted octanol–water partition coefficient (Wildman–Crippen LogP) is 5.24. The molecule has 2 aromatic heterocycles. The minimum atomic E-state index is -1.54. The lowest BCUT2D eigenvalue weighted by atomic mass is 9.99. The number of methoxy groups -OCH3 is 1. The molecule has 0 fully saturated rings.